The van der Waals surface area contributed by atoms with Crippen molar-refractivity contribution in [1.29, 1.82) is 0 Å². The molecule has 1 saturated heterocycles. The third-order valence-electron chi connectivity index (χ3n) is 3.41. The molecule has 1 aromatic rings. The number of amides is 1. The number of β-amino-alcohol motifs (C(OH)–C–C–N with tert-alkyl or cyclic N) is 1. The van der Waals surface area contributed by atoms with E-state index in [2.05, 4.69) is 0 Å². The number of carboxylic acid groups (broad SMARTS) is 1. The first-order chi connectivity index (χ1) is 9.54. The van der Waals surface area contributed by atoms with Crippen LogP contribution in [0.5, 0.6) is 0 Å². The molecule has 2 N–H and O–H groups in total. The van der Waals surface area contributed by atoms with Crippen molar-refractivity contribution in [2.45, 2.75) is 25.1 Å². The Balaban J connectivity index is 2.18. The number of aliphatic carboxylic acids is 1. The van der Waals surface area contributed by atoms with Crippen LogP contribution in [0.15, 0.2) is 18.3 Å². The van der Waals surface area contributed by atoms with Gasteiger partial charge in [0.15, 0.2) is 0 Å². The molecular weight excluding hydrogens is 264 g/mol. The first-order valence-corrected chi connectivity index (χ1v) is 6.40. The first-order valence-electron chi connectivity index (χ1n) is 6.40. The molecule has 0 saturated carbocycles. The number of nitrogens with zero attached hydrogens (tertiary/aromatic N) is 2. The molecule has 1 aromatic heterocycles. The smallest absolute Gasteiger partial charge is 0.326 e. The Bertz CT molecular complexity index is 499. The number of carbonyl (C=O) groups excluding carboxylic acids is 1. The average Bonchev–Trinajstić information content (AvgIpc) is 3.01. The van der Waals surface area contributed by atoms with Crippen LogP contribution in [0, 0.1) is 0 Å². The highest BCUT2D eigenvalue weighted by atomic mass is 16.5. The summed E-state index contributed by atoms with van der Waals surface area (Å²) < 4.78 is 6.69. The average molecular weight is 282 g/mol. The molecule has 0 spiro atoms. The van der Waals surface area contributed by atoms with E-state index in [0.29, 0.717) is 18.8 Å². The number of hydrogen-bond donors (Lipinski definition) is 2. The molecule has 1 fully saturated rings. The van der Waals surface area contributed by atoms with Gasteiger partial charge in [-0.15, -0.1) is 0 Å². The van der Waals surface area contributed by atoms with Gasteiger partial charge in [0, 0.05) is 32.8 Å². The van der Waals surface area contributed by atoms with Crippen molar-refractivity contribution < 1.29 is 24.5 Å². The van der Waals surface area contributed by atoms with Gasteiger partial charge in [-0.2, -0.15) is 0 Å². The molecule has 0 bridgehead atoms. The van der Waals surface area contributed by atoms with Crippen LogP contribution < -0.4 is 0 Å². The van der Waals surface area contributed by atoms with Gasteiger partial charge in [0.1, 0.15) is 11.7 Å². The lowest BCUT2D eigenvalue weighted by atomic mass is 10.2. The Morgan fingerprint density at radius 2 is 2.25 bits per heavy atom. The third-order valence-corrected chi connectivity index (χ3v) is 3.41. The Hall–Kier alpha value is -1.86. The molecule has 0 aliphatic carbocycles. The Labute approximate surface area is 116 Å². The standard InChI is InChI=1S/C13H18N2O5/c1-20-6-5-14-4-2-3-10(14)12(17)15-8-9(16)7-11(15)13(18)19/h2-4,9,11,16H,5-8H2,1H3,(H,18,19)/t9?,11-/m0/s1. The lowest BCUT2D eigenvalue weighted by molar-refractivity contribution is -0.141. The van der Waals surface area contributed by atoms with Crippen LogP contribution in [0.1, 0.15) is 16.9 Å². The molecule has 20 heavy (non-hydrogen) atoms. The maximum Gasteiger partial charge on any atom is 0.326 e. The predicted molar refractivity (Wildman–Crippen MR) is 69.4 cm³/mol. The van der Waals surface area contributed by atoms with Crippen LogP contribution in [0.2, 0.25) is 0 Å². The van der Waals surface area contributed by atoms with Gasteiger partial charge in [-0.25, -0.2) is 4.79 Å². The number of rotatable bonds is 5. The SMILES string of the molecule is COCCn1cccc1C(=O)N1CC(O)C[C@H]1C(=O)O. The number of carbonyl (C=O) groups is 2. The van der Waals surface area contributed by atoms with Crippen molar-refractivity contribution in [3.05, 3.63) is 24.0 Å². The summed E-state index contributed by atoms with van der Waals surface area (Å²) in [6.07, 6.45) is 1.02. The van der Waals surface area contributed by atoms with Crippen LogP contribution in [-0.4, -0.2) is 64.0 Å². The Morgan fingerprint density at radius 1 is 1.50 bits per heavy atom. The van der Waals surface area contributed by atoms with E-state index in [0.717, 1.165) is 0 Å². The second-order valence-electron chi connectivity index (χ2n) is 4.78. The number of methoxy groups -OCH3 is 1. The highest BCUT2D eigenvalue weighted by Gasteiger charge is 2.39. The van der Waals surface area contributed by atoms with E-state index in [9.17, 15) is 14.7 Å². The molecule has 2 atom stereocenters. The van der Waals surface area contributed by atoms with Crippen molar-refractivity contribution in [2.24, 2.45) is 0 Å². The van der Waals surface area contributed by atoms with E-state index in [1.807, 2.05) is 0 Å². The lowest BCUT2D eigenvalue weighted by Crippen LogP contribution is -2.41. The summed E-state index contributed by atoms with van der Waals surface area (Å²) in [7, 11) is 1.57. The van der Waals surface area contributed by atoms with Crippen molar-refractivity contribution in [2.75, 3.05) is 20.3 Å². The fourth-order valence-electron chi connectivity index (χ4n) is 2.41. The van der Waals surface area contributed by atoms with Gasteiger partial charge in [-0.1, -0.05) is 0 Å². The topological polar surface area (TPSA) is 92.0 Å². The zero-order chi connectivity index (χ0) is 14.7. The Kier molecular flexibility index (Phi) is 4.41. The lowest BCUT2D eigenvalue weighted by Gasteiger charge is -2.21. The van der Waals surface area contributed by atoms with E-state index in [4.69, 9.17) is 9.84 Å². The number of carboxylic acids is 1. The fraction of sp³-hybridized carbons (Fsp3) is 0.538. The summed E-state index contributed by atoms with van der Waals surface area (Å²) in [5, 5.41) is 18.7. The molecule has 1 aliphatic heterocycles. The quantitative estimate of drug-likeness (QED) is 0.780. The summed E-state index contributed by atoms with van der Waals surface area (Å²) in [4.78, 5) is 24.8. The van der Waals surface area contributed by atoms with Crippen LogP contribution in [0.3, 0.4) is 0 Å². The molecule has 1 amide bonds. The second kappa shape index (κ2) is 6.06. The largest absolute Gasteiger partial charge is 0.480 e. The van der Waals surface area contributed by atoms with E-state index in [1.54, 1.807) is 30.0 Å². The Morgan fingerprint density at radius 3 is 2.90 bits per heavy atom. The maximum atomic E-state index is 12.4. The minimum Gasteiger partial charge on any atom is -0.480 e. The number of aromatic nitrogens is 1. The van der Waals surface area contributed by atoms with Crippen molar-refractivity contribution >= 4 is 11.9 Å². The normalized spacial score (nSPS) is 22.2. The number of likely N-dealkylation sites (tertiary alicyclic amines) is 1. The second-order valence-corrected chi connectivity index (χ2v) is 4.78. The highest BCUT2D eigenvalue weighted by Crippen LogP contribution is 2.21. The summed E-state index contributed by atoms with van der Waals surface area (Å²) in [5.41, 5.74) is 0.405. The van der Waals surface area contributed by atoms with Gasteiger partial charge in [-0.05, 0) is 12.1 Å². The van der Waals surface area contributed by atoms with Gasteiger partial charge >= 0.3 is 5.97 Å². The molecule has 1 aliphatic rings. The number of aliphatic hydroxyl groups is 1. The van der Waals surface area contributed by atoms with Gasteiger partial charge in [0.25, 0.3) is 5.91 Å². The van der Waals surface area contributed by atoms with Crippen LogP contribution >= 0.6 is 0 Å². The first kappa shape index (κ1) is 14.5. The monoisotopic (exact) mass is 282 g/mol. The predicted octanol–water partition coefficient (Wildman–Crippen LogP) is -0.206. The van der Waals surface area contributed by atoms with Crippen LogP contribution in [-0.2, 0) is 16.1 Å². The molecule has 7 nitrogen and oxygen atoms in total. The van der Waals surface area contributed by atoms with E-state index >= 15 is 0 Å². The van der Waals surface area contributed by atoms with Crippen molar-refractivity contribution in [3.8, 4) is 0 Å². The number of aliphatic hydroxyl groups excluding tert-OH is 1. The van der Waals surface area contributed by atoms with Gasteiger partial charge in [0.2, 0.25) is 0 Å². The molecule has 0 radical (unpaired) electrons. The minimum atomic E-state index is -1.09. The molecule has 7 heteroatoms. The third kappa shape index (κ3) is 2.83. The maximum absolute atomic E-state index is 12.4. The summed E-state index contributed by atoms with van der Waals surface area (Å²) in [6.45, 7) is 1.02. The summed E-state index contributed by atoms with van der Waals surface area (Å²) in [5.74, 6) is -1.47. The van der Waals surface area contributed by atoms with Crippen LogP contribution in [0.25, 0.3) is 0 Å². The van der Waals surface area contributed by atoms with Crippen LogP contribution in [0.4, 0.5) is 0 Å². The van der Waals surface area contributed by atoms with E-state index in [1.165, 1.54) is 4.90 Å². The number of ether oxygens (including phenoxy) is 1. The minimum absolute atomic E-state index is 0.0469. The zero-order valence-corrected chi connectivity index (χ0v) is 11.2. The van der Waals surface area contributed by atoms with E-state index < -0.39 is 18.1 Å². The van der Waals surface area contributed by atoms with Gasteiger partial charge < -0.3 is 24.4 Å². The fourth-order valence-corrected chi connectivity index (χ4v) is 2.41. The van der Waals surface area contributed by atoms with Crippen molar-refractivity contribution in [1.82, 2.24) is 9.47 Å². The van der Waals surface area contributed by atoms with Gasteiger partial charge in [0.05, 0.1) is 12.7 Å². The molecule has 2 rings (SSSR count). The molecule has 0 aromatic carbocycles. The van der Waals surface area contributed by atoms with Gasteiger partial charge in [-0.3, -0.25) is 4.79 Å². The molecule has 2 heterocycles. The summed E-state index contributed by atoms with van der Waals surface area (Å²) in [6, 6.07) is 2.40. The van der Waals surface area contributed by atoms with E-state index in [-0.39, 0.29) is 18.9 Å². The highest BCUT2D eigenvalue weighted by molar-refractivity contribution is 5.95. The summed E-state index contributed by atoms with van der Waals surface area (Å²) >= 11 is 0. The van der Waals surface area contributed by atoms with Crippen molar-refractivity contribution in [3.63, 3.8) is 0 Å². The molecule has 1 unspecified atom stereocenters. The molecular formula is C13H18N2O5. The number of hydrogen-bond acceptors (Lipinski definition) is 4. The zero-order valence-electron chi connectivity index (χ0n) is 11.2. The molecule has 110 valence electrons.